The molecule has 1 aliphatic heterocycles. The summed E-state index contributed by atoms with van der Waals surface area (Å²) in [4.78, 5) is 13.7. The third kappa shape index (κ3) is 4.02. The molecule has 1 atom stereocenters. The Morgan fingerprint density at radius 2 is 1.75 bits per heavy atom. The number of rotatable bonds is 4. The molecule has 36 heavy (non-hydrogen) atoms. The smallest absolute Gasteiger partial charge is 0.253 e. The zero-order chi connectivity index (χ0) is 25.8. The number of halogens is 2. The number of para-hydroxylation sites is 1. The molecule has 1 unspecified atom stereocenters. The Labute approximate surface area is 209 Å². The zero-order valence-electron chi connectivity index (χ0n) is 21.0. The van der Waals surface area contributed by atoms with Gasteiger partial charge in [0.1, 0.15) is 23.0 Å². The maximum absolute atomic E-state index is 14.7. The summed E-state index contributed by atoms with van der Waals surface area (Å²) in [5.41, 5.74) is 2.96. The quantitative estimate of drug-likeness (QED) is 0.345. The minimum absolute atomic E-state index is 0.0783. The normalized spacial score (nSPS) is 16.6. The van der Waals surface area contributed by atoms with Crippen LogP contribution >= 0.6 is 0 Å². The number of carbonyl (C=O) groups is 1. The number of amides is 1. The molecule has 1 aliphatic rings. The molecule has 4 aromatic rings. The lowest BCUT2D eigenvalue weighted by molar-refractivity contribution is 0.0619. The van der Waals surface area contributed by atoms with Crippen molar-refractivity contribution in [3.8, 4) is 16.9 Å². The van der Waals surface area contributed by atoms with E-state index in [2.05, 4.69) is 10.4 Å². The molecule has 0 saturated heterocycles. The molecule has 0 radical (unpaired) electrons. The van der Waals surface area contributed by atoms with E-state index in [1.54, 1.807) is 23.6 Å². The van der Waals surface area contributed by atoms with Gasteiger partial charge >= 0.3 is 0 Å². The standard InChI is InChI=1S/C29H29F2N3O2/c1-16(2)27-19(28(35)32-22-15-29(4,5)36-24-12-7-6-9-18(22)24)13-14-23-25(17(3)33-34(23)27)26-20(30)10-8-11-21(26)31/h6-14,16,22H,15H2,1-5H3,(H,32,35). The van der Waals surface area contributed by atoms with Gasteiger partial charge in [0.05, 0.1) is 34.1 Å². The lowest BCUT2D eigenvalue weighted by atomic mass is 9.89. The number of ether oxygens (including phenoxy) is 1. The Balaban J connectivity index is 1.60. The van der Waals surface area contributed by atoms with Crippen LogP contribution in [0.1, 0.15) is 73.4 Å². The highest BCUT2D eigenvalue weighted by molar-refractivity contribution is 5.97. The summed E-state index contributed by atoms with van der Waals surface area (Å²) in [7, 11) is 0. The van der Waals surface area contributed by atoms with Gasteiger partial charge in [-0.3, -0.25) is 4.79 Å². The summed E-state index contributed by atoms with van der Waals surface area (Å²) in [6, 6.07) is 14.7. The second kappa shape index (κ2) is 8.73. The molecule has 0 fully saturated rings. The number of fused-ring (bicyclic) bond motifs is 2. The first-order valence-electron chi connectivity index (χ1n) is 12.1. The first-order chi connectivity index (χ1) is 17.1. The van der Waals surface area contributed by atoms with E-state index >= 15 is 0 Å². The third-order valence-corrected chi connectivity index (χ3v) is 6.69. The van der Waals surface area contributed by atoms with E-state index in [4.69, 9.17) is 4.74 Å². The summed E-state index contributed by atoms with van der Waals surface area (Å²) in [6.07, 6.45) is 0.618. The molecule has 7 heteroatoms. The Morgan fingerprint density at radius 1 is 1.06 bits per heavy atom. The van der Waals surface area contributed by atoms with Gasteiger partial charge in [0.2, 0.25) is 0 Å². The lowest BCUT2D eigenvalue weighted by Crippen LogP contribution is -2.41. The van der Waals surface area contributed by atoms with Gasteiger partial charge in [-0.1, -0.05) is 38.1 Å². The van der Waals surface area contributed by atoms with Crippen LogP contribution in [0.4, 0.5) is 8.78 Å². The van der Waals surface area contributed by atoms with Crippen LogP contribution in [-0.2, 0) is 0 Å². The van der Waals surface area contributed by atoms with Crippen LogP contribution in [0.15, 0.2) is 54.6 Å². The van der Waals surface area contributed by atoms with E-state index in [1.807, 2.05) is 52.0 Å². The molecule has 1 amide bonds. The SMILES string of the molecule is Cc1nn2c(C(C)C)c(C(=O)NC3CC(C)(C)Oc4ccccc43)ccc2c1-c1c(F)cccc1F. The number of nitrogens with zero attached hydrogens (tertiary/aromatic N) is 2. The number of pyridine rings is 1. The van der Waals surface area contributed by atoms with Crippen molar-refractivity contribution in [2.75, 3.05) is 0 Å². The fourth-order valence-electron chi connectivity index (χ4n) is 5.20. The van der Waals surface area contributed by atoms with Crippen LogP contribution in [0.25, 0.3) is 16.6 Å². The molecule has 1 N–H and O–H groups in total. The third-order valence-electron chi connectivity index (χ3n) is 6.69. The van der Waals surface area contributed by atoms with Gasteiger partial charge in [-0.2, -0.15) is 5.10 Å². The molecule has 2 aromatic carbocycles. The number of aryl methyl sites for hydroxylation is 1. The summed E-state index contributed by atoms with van der Waals surface area (Å²) in [5, 5.41) is 7.82. The monoisotopic (exact) mass is 489 g/mol. The number of aromatic nitrogens is 2. The molecule has 186 valence electrons. The molecule has 0 saturated carbocycles. The van der Waals surface area contributed by atoms with Crippen LogP contribution in [0, 0.1) is 18.6 Å². The second-order valence-electron chi connectivity index (χ2n) is 10.3. The van der Waals surface area contributed by atoms with Gasteiger partial charge in [0.25, 0.3) is 5.91 Å². The largest absolute Gasteiger partial charge is 0.487 e. The minimum Gasteiger partial charge on any atom is -0.487 e. The van der Waals surface area contributed by atoms with Gasteiger partial charge in [-0.05, 0) is 57.0 Å². The Hall–Kier alpha value is -3.74. The first kappa shape index (κ1) is 24.0. The van der Waals surface area contributed by atoms with Crippen LogP contribution < -0.4 is 10.1 Å². The number of carbonyl (C=O) groups excluding carboxylic acids is 1. The summed E-state index contributed by atoms with van der Waals surface area (Å²) in [5.74, 6) is -0.850. The van der Waals surface area contributed by atoms with Crippen molar-refractivity contribution in [1.82, 2.24) is 14.9 Å². The van der Waals surface area contributed by atoms with Crippen molar-refractivity contribution in [3.05, 3.63) is 88.7 Å². The van der Waals surface area contributed by atoms with E-state index < -0.39 is 17.2 Å². The van der Waals surface area contributed by atoms with E-state index in [0.717, 1.165) is 11.3 Å². The van der Waals surface area contributed by atoms with Crippen LogP contribution in [0.2, 0.25) is 0 Å². The van der Waals surface area contributed by atoms with E-state index in [1.165, 1.54) is 18.2 Å². The van der Waals surface area contributed by atoms with E-state index in [-0.39, 0.29) is 23.4 Å². The molecule has 5 rings (SSSR count). The van der Waals surface area contributed by atoms with Crippen molar-refractivity contribution in [1.29, 1.82) is 0 Å². The average molecular weight is 490 g/mol. The Morgan fingerprint density at radius 3 is 2.44 bits per heavy atom. The highest BCUT2D eigenvalue weighted by atomic mass is 19.1. The predicted octanol–water partition coefficient (Wildman–Crippen LogP) is 6.74. The van der Waals surface area contributed by atoms with Crippen LogP contribution in [-0.4, -0.2) is 21.1 Å². The first-order valence-corrected chi connectivity index (χ1v) is 12.1. The number of benzene rings is 2. The second-order valence-corrected chi connectivity index (χ2v) is 10.3. The summed E-state index contributed by atoms with van der Waals surface area (Å²) < 4.78 is 37.1. The highest BCUT2D eigenvalue weighted by Gasteiger charge is 2.35. The van der Waals surface area contributed by atoms with Crippen LogP contribution in [0.5, 0.6) is 5.75 Å². The summed E-state index contributed by atoms with van der Waals surface area (Å²) >= 11 is 0. The van der Waals surface area contributed by atoms with Gasteiger partial charge in [0.15, 0.2) is 0 Å². The van der Waals surface area contributed by atoms with Gasteiger partial charge in [-0.15, -0.1) is 0 Å². The van der Waals surface area contributed by atoms with Crippen molar-refractivity contribution >= 4 is 11.4 Å². The number of hydrogen-bond acceptors (Lipinski definition) is 3. The lowest BCUT2D eigenvalue weighted by Gasteiger charge is -2.38. The molecule has 0 spiro atoms. The molecule has 0 aliphatic carbocycles. The highest BCUT2D eigenvalue weighted by Crippen LogP contribution is 2.40. The predicted molar refractivity (Wildman–Crippen MR) is 135 cm³/mol. The fraction of sp³-hybridized carbons (Fsp3) is 0.310. The molecule has 5 nitrogen and oxygen atoms in total. The van der Waals surface area contributed by atoms with E-state index in [9.17, 15) is 13.6 Å². The molecule has 2 aromatic heterocycles. The zero-order valence-corrected chi connectivity index (χ0v) is 21.0. The number of nitrogens with one attached hydrogen (secondary N) is 1. The molecule has 3 heterocycles. The fourth-order valence-corrected chi connectivity index (χ4v) is 5.20. The van der Waals surface area contributed by atoms with Gasteiger partial charge in [0, 0.05) is 17.5 Å². The average Bonchev–Trinajstić information content (AvgIpc) is 3.13. The maximum atomic E-state index is 14.7. The van der Waals surface area contributed by atoms with Crippen molar-refractivity contribution in [2.45, 2.75) is 58.6 Å². The molecular formula is C29H29F2N3O2. The molecular weight excluding hydrogens is 460 g/mol. The van der Waals surface area contributed by atoms with E-state index in [0.29, 0.717) is 34.5 Å². The van der Waals surface area contributed by atoms with Gasteiger partial charge in [-0.25, -0.2) is 13.3 Å². The topological polar surface area (TPSA) is 55.6 Å². The maximum Gasteiger partial charge on any atom is 0.253 e. The Bertz CT molecular complexity index is 1470. The van der Waals surface area contributed by atoms with Crippen LogP contribution in [0.3, 0.4) is 0 Å². The molecule has 0 bridgehead atoms. The Kier molecular flexibility index (Phi) is 5.81. The van der Waals surface area contributed by atoms with Gasteiger partial charge < -0.3 is 10.1 Å². The van der Waals surface area contributed by atoms with Crippen molar-refractivity contribution in [2.24, 2.45) is 0 Å². The minimum atomic E-state index is -0.651. The van der Waals surface area contributed by atoms with Crippen molar-refractivity contribution in [3.63, 3.8) is 0 Å². The number of hydrogen-bond donors (Lipinski definition) is 1. The van der Waals surface area contributed by atoms with Crippen molar-refractivity contribution < 1.29 is 18.3 Å². The summed E-state index contributed by atoms with van der Waals surface area (Å²) in [6.45, 7) is 9.67.